The maximum absolute atomic E-state index is 10.1. The van der Waals surface area contributed by atoms with Gasteiger partial charge in [0, 0.05) is 17.1 Å². The summed E-state index contributed by atoms with van der Waals surface area (Å²) < 4.78 is 0.813. The van der Waals surface area contributed by atoms with Gasteiger partial charge in [0.15, 0.2) is 0 Å². The van der Waals surface area contributed by atoms with Gasteiger partial charge >= 0.3 is 0 Å². The fourth-order valence-electron chi connectivity index (χ4n) is 1.68. The Balaban J connectivity index is 2.16. The molecular weight excluding hydrogens is 316 g/mol. The highest BCUT2D eigenvalue weighted by Gasteiger charge is 2.10. The molecule has 3 nitrogen and oxygen atoms in total. The fourth-order valence-corrected chi connectivity index (χ4v) is 2.12. The second kappa shape index (κ2) is 5.69. The van der Waals surface area contributed by atoms with Crippen molar-refractivity contribution >= 4 is 33.3 Å². The van der Waals surface area contributed by atoms with Gasteiger partial charge in [-0.3, -0.25) is 0 Å². The molecule has 2 aromatic rings. The summed E-state index contributed by atoms with van der Waals surface area (Å²) in [4.78, 5) is 3.91. The fraction of sp³-hybridized carbons (Fsp3) is 0.154. The topological polar surface area (TPSA) is 59.1 Å². The number of hydrogen-bond donors (Lipinski definition) is 2. The Bertz CT molecular complexity index is 562. The smallest absolute Gasteiger partial charge is 0.123 e. The third-order valence-electron chi connectivity index (χ3n) is 2.60. The number of rotatable bonds is 3. The molecule has 0 aliphatic carbocycles. The molecular formula is C13H12BrClN2O. The Morgan fingerprint density at radius 3 is 2.78 bits per heavy atom. The van der Waals surface area contributed by atoms with Crippen molar-refractivity contribution in [3.63, 3.8) is 0 Å². The molecule has 0 radical (unpaired) electrons. The lowest BCUT2D eigenvalue weighted by Gasteiger charge is -2.12. The maximum atomic E-state index is 10.1. The third-order valence-corrected chi connectivity index (χ3v) is 3.84. The predicted octanol–water partition coefficient (Wildman–Crippen LogP) is 3.36. The molecule has 0 amide bonds. The Morgan fingerprint density at radius 2 is 2.11 bits per heavy atom. The molecule has 1 atom stereocenters. The monoisotopic (exact) mass is 326 g/mol. The number of hydrogen-bond acceptors (Lipinski definition) is 3. The van der Waals surface area contributed by atoms with E-state index in [-0.39, 0.29) is 0 Å². The number of aliphatic hydroxyl groups is 1. The Kier molecular flexibility index (Phi) is 4.22. The summed E-state index contributed by atoms with van der Waals surface area (Å²) in [5.74, 6) is 0.452. The second-order valence-electron chi connectivity index (χ2n) is 3.98. The van der Waals surface area contributed by atoms with Gasteiger partial charge in [0.05, 0.1) is 11.1 Å². The number of nitrogens with two attached hydrogens (primary N) is 1. The van der Waals surface area contributed by atoms with Gasteiger partial charge in [-0.25, -0.2) is 4.98 Å². The Labute approximate surface area is 119 Å². The number of aliphatic hydroxyl groups excluding tert-OH is 1. The number of halogens is 2. The lowest BCUT2D eigenvalue weighted by molar-refractivity contribution is 0.178. The summed E-state index contributed by atoms with van der Waals surface area (Å²) in [5.41, 5.74) is 7.31. The van der Waals surface area contributed by atoms with Gasteiger partial charge in [0.25, 0.3) is 0 Å². The quantitative estimate of drug-likeness (QED) is 0.909. The van der Waals surface area contributed by atoms with Gasteiger partial charge in [0.2, 0.25) is 0 Å². The second-order valence-corrected chi connectivity index (χ2v) is 5.24. The maximum Gasteiger partial charge on any atom is 0.123 e. The molecule has 18 heavy (non-hydrogen) atoms. The van der Waals surface area contributed by atoms with E-state index in [4.69, 9.17) is 17.3 Å². The molecule has 3 N–H and O–H groups in total. The van der Waals surface area contributed by atoms with Crippen LogP contribution >= 0.6 is 27.5 Å². The van der Waals surface area contributed by atoms with E-state index in [0.29, 0.717) is 17.3 Å². The van der Waals surface area contributed by atoms with Crippen LogP contribution in [-0.4, -0.2) is 10.1 Å². The van der Waals surface area contributed by atoms with Crippen LogP contribution in [0.5, 0.6) is 0 Å². The number of benzene rings is 1. The van der Waals surface area contributed by atoms with Gasteiger partial charge < -0.3 is 10.8 Å². The zero-order valence-electron chi connectivity index (χ0n) is 9.48. The van der Waals surface area contributed by atoms with Crippen LogP contribution in [0, 0.1) is 0 Å². The highest BCUT2D eigenvalue weighted by Crippen LogP contribution is 2.27. The Morgan fingerprint density at radius 1 is 1.33 bits per heavy atom. The number of anilines is 1. The van der Waals surface area contributed by atoms with Gasteiger partial charge in [-0.05, 0) is 51.3 Å². The van der Waals surface area contributed by atoms with Gasteiger partial charge in [-0.15, -0.1) is 0 Å². The van der Waals surface area contributed by atoms with E-state index in [9.17, 15) is 5.11 Å². The summed E-state index contributed by atoms with van der Waals surface area (Å²) in [6.07, 6.45) is 1.49. The molecule has 1 unspecified atom stereocenters. The summed E-state index contributed by atoms with van der Waals surface area (Å²) in [6, 6.07) is 9.00. The third kappa shape index (κ3) is 3.22. The molecule has 0 saturated carbocycles. The first-order valence-corrected chi connectivity index (χ1v) is 6.57. The van der Waals surface area contributed by atoms with Crippen molar-refractivity contribution in [3.05, 3.63) is 57.2 Å². The van der Waals surface area contributed by atoms with E-state index >= 15 is 0 Å². The minimum Gasteiger partial charge on any atom is -0.388 e. The van der Waals surface area contributed by atoms with E-state index in [2.05, 4.69) is 20.9 Å². The lowest BCUT2D eigenvalue weighted by atomic mass is 10.0. The average molecular weight is 328 g/mol. The van der Waals surface area contributed by atoms with Crippen molar-refractivity contribution in [2.75, 3.05) is 5.73 Å². The van der Waals surface area contributed by atoms with Crippen molar-refractivity contribution in [1.29, 1.82) is 0 Å². The van der Waals surface area contributed by atoms with Gasteiger partial charge in [-0.1, -0.05) is 17.7 Å². The Hall–Kier alpha value is -1.10. The average Bonchev–Trinajstić information content (AvgIpc) is 2.32. The van der Waals surface area contributed by atoms with Crippen LogP contribution in [0.3, 0.4) is 0 Å². The van der Waals surface area contributed by atoms with Gasteiger partial charge in [-0.2, -0.15) is 0 Å². The first-order chi connectivity index (χ1) is 8.56. The molecule has 5 heteroatoms. The van der Waals surface area contributed by atoms with Crippen molar-refractivity contribution in [3.8, 4) is 0 Å². The summed E-state index contributed by atoms with van der Waals surface area (Å²) in [5, 5.41) is 10.7. The molecule has 1 aromatic heterocycles. The van der Waals surface area contributed by atoms with E-state index in [1.807, 2.05) is 18.2 Å². The molecule has 1 aromatic carbocycles. The molecule has 0 bridgehead atoms. The zero-order chi connectivity index (χ0) is 13.1. The van der Waals surface area contributed by atoms with Gasteiger partial charge in [0.1, 0.15) is 5.82 Å². The minimum absolute atomic E-state index is 0.452. The van der Waals surface area contributed by atoms with Crippen LogP contribution in [-0.2, 0) is 6.42 Å². The normalized spacial score (nSPS) is 12.4. The molecule has 1 heterocycles. The van der Waals surface area contributed by atoms with Crippen LogP contribution in [0.1, 0.15) is 17.2 Å². The molecule has 0 fully saturated rings. The molecule has 0 aliphatic heterocycles. The number of pyridine rings is 1. The standard InChI is InChI=1S/C13H12BrClN2O/c14-10-2-1-9(7-11(10)15)12(18)5-8-3-4-17-13(16)6-8/h1-4,6-7,12,18H,5H2,(H2,16,17). The molecule has 94 valence electrons. The number of nitrogen functional groups attached to an aromatic ring is 1. The molecule has 2 rings (SSSR count). The largest absolute Gasteiger partial charge is 0.388 e. The van der Waals surface area contributed by atoms with Crippen molar-refractivity contribution in [1.82, 2.24) is 4.98 Å². The van der Waals surface area contributed by atoms with E-state index in [0.717, 1.165) is 15.6 Å². The SMILES string of the molecule is Nc1cc(CC(O)c2ccc(Br)c(Cl)c2)ccn1. The highest BCUT2D eigenvalue weighted by atomic mass is 79.9. The highest BCUT2D eigenvalue weighted by molar-refractivity contribution is 9.10. The molecule has 0 saturated heterocycles. The summed E-state index contributed by atoms with van der Waals surface area (Å²) in [7, 11) is 0. The predicted molar refractivity (Wildman–Crippen MR) is 76.5 cm³/mol. The van der Waals surface area contributed by atoms with Crippen LogP contribution in [0.25, 0.3) is 0 Å². The summed E-state index contributed by atoms with van der Waals surface area (Å²) in [6.45, 7) is 0. The number of aromatic nitrogens is 1. The van der Waals surface area contributed by atoms with E-state index in [1.54, 1.807) is 18.3 Å². The van der Waals surface area contributed by atoms with E-state index < -0.39 is 6.10 Å². The van der Waals surface area contributed by atoms with Crippen molar-refractivity contribution < 1.29 is 5.11 Å². The first-order valence-electron chi connectivity index (χ1n) is 5.39. The van der Waals surface area contributed by atoms with Crippen LogP contribution in [0.4, 0.5) is 5.82 Å². The number of nitrogens with zero attached hydrogens (tertiary/aromatic N) is 1. The zero-order valence-corrected chi connectivity index (χ0v) is 11.8. The first kappa shape index (κ1) is 13.3. The molecule has 0 aliphatic rings. The summed E-state index contributed by atoms with van der Waals surface area (Å²) >= 11 is 9.31. The minimum atomic E-state index is -0.614. The van der Waals surface area contributed by atoms with Crippen molar-refractivity contribution in [2.24, 2.45) is 0 Å². The lowest BCUT2D eigenvalue weighted by Crippen LogP contribution is -2.03. The van der Waals surface area contributed by atoms with Crippen molar-refractivity contribution in [2.45, 2.75) is 12.5 Å². The van der Waals surface area contributed by atoms with Crippen LogP contribution in [0.15, 0.2) is 41.0 Å². The van der Waals surface area contributed by atoms with Crippen LogP contribution in [0.2, 0.25) is 5.02 Å². The van der Waals surface area contributed by atoms with E-state index in [1.165, 1.54) is 0 Å². The van der Waals surface area contributed by atoms with Crippen LogP contribution < -0.4 is 5.73 Å². The molecule has 0 spiro atoms.